The van der Waals surface area contributed by atoms with Gasteiger partial charge in [-0.2, -0.15) is 31.0 Å². The molecule has 79 valence electrons. The summed E-state index contributed by atoms with van der Waals surface area (Å²) in [4.78, 5) is 0. The van der Waals surface area contributed by atoms with Crippen LogP contribution in [0.5, 0.6) is 0 Å². The minimum Gasteiger partial charge on any atom is -0.343 e. The number of unbranched alkanes of at least 4 members (excludes halogenated alkanes) is 2. The topological polar surface area (TPSA) is 0 Å². The summed E-state index contributed by atoms with van der Waals surface area (Å²) in [5, 5.41) is 0. The molecule has 0 N–H and O–H groups in total. The van der Waals surface area contributed by atoms with Crippen molar-refractivity contribution in [1.82, 2.24) is 0 Å². The van der Waals surface area contributed by atoms with Crippen molar-refractivity contribution in [2.75, 3.05) is 0 Å². The van der Waals surface area contributed by atoms with Crippen LogP contribution < -0.4 is 0 Å². The minimum atomic E-state index is 0. The van der Waals surface area contributed by atoms with E-state index in [1.54, 1.807) is 0 Å². The monoisotopic (exact) mass is 269 g/mol. The van der Waals surface area contributed by atoms with Crippen LogP contribution in [0.4, 0.5) is 0 Å². The van der Waals surface area contributed by atoms with Gasteiger partial charge >= 0.3 is 26.2 Å². The van der Waals surface area contributed by atoms with Gasteiger partial charge in [0.05, 0.1) is 0 Å². The van der Waals surface area contributed by atoms with Gasteiger partial charge in [-0.05, 0) is 0 Å². The normalized spacial score (nSPS) is 7.14. The van der Waals surface area contributed by atoms with Gasteiger partial charge in [0.2, 0.25) is 0 Å². The first-order valence-electron chi connectivity index (χ1n) is 5.08. The van der Waals surface area contributed by atoms with Crippen LogP contribution in [-0.4, -0.2) is 0 Å². The van der Waals surface area contributed by atoms with Crippen molar-refractivity contribution in [3.8, 4) is 0 Å². The second-order valence-electron chi connectivity index (χ2n) is 2.67. The van der Waals surface area contributed by atoms with Gasteiger partial charge in [0.25, 0.3) is 0 Å². The largest absolute Gasteiger partial charge is 3.00 e. The maximum absolute atomic E-state index is 3.60. The first-order chi connectivity index (χ1) is 6.33. The van der Waals surface area contributed by atoms with Crippen molar-refractivity contribution < 1.29 is 26.2 Å². The summed E-state index contributed by atoms with van der Waals surface area (Å²) < 4.78 is 0. The average molecular weight is 271 g/mol. The Balaban J connectivity index is -0.000000127. The molecule has 1 radical (unpaired) electrons. The number of hydrogen-bond acceptors (Lipinski definition) is 0. The maximum Gasteiger partial charge on any atom is 3.00 e. The van der Waals surface area contributed by atoms with Gasteiger partial charge in [0, 0.05) is 0 Å². The van der Waals surface area contributed by atoms with E-state index in [1.165, 1.54) is 12.8 Å². The van der Waals surface area contributed by atoms with Crippen molar-refractivity contribution in [3.05, 3.63) is 44.2 Å². The molecule has 1 rings (SSSR count). The number of hydrogen-bond donors (Lipinski definition) is 0. The molecule has 0 aliphatic carbocycles. The SMILES string of the molecule is [CH2-]CCC.[CH2-]CCC.[Zr+3].c1cc[cH-]c1. The standard InChI is InChI=1S/C5H5.2C4H9.Zr/c1-2-4-5-3-1;2*1-3-4-2;/h1-5H;2*1,3-4H2,2H3;/q3*-1;+3. The molecular formula is C13H23Zr. The number of rotatable bonds is 2. The molecule has 14 heavy (non-hydrogen) atoms. The third-order valence-corrected chi connectivity index (χ3v) is 1.26. The zero-order valence-electron chi connectivity index (χ0n) is 9.63. The molecule has 0 bridgehead atoms. The van der Waals surface area contributed by atoms with E-state index in [0.29, 0.717) is 0 Å². The zero-order chi connectivity index (χ0) is 10.4. The molecule has 0 aromatic heterocycles. The molecule has 0 spiro atoms. The molecule has 0 amide bonds. The molecule has 0 heterocycles. The molecule has 0 saturated heterocycles. The summed E-state index contributed by atoms with van der Waals surface area (Å²) in [6.45, 7) is 11.4. The van der Waals surface area contributed by atoms with E-state index in [2.05, 4.69) is 27.7 Å². The molecule has 1 aromatic rings. The van der Waals surface area contributed by atoms with Crippen LogP contribution in [0.3, 0.4) is 0 Å². The summed E-state index contributed by atoms with van der Waals surface area (Å²) >= 11 is 0. The third kappa shape index (κ3) is 29.5. The van der Waals surface area contributed by atoms with Gasteiger partial charge < -0.3 is 13.8 Å². The molecule has 0 aliphatic heterocycles. The second kappa shape index (κ2) is 23.2. The Morgan fingerprint density at radius 1 is 0.929 bits per heavy atom. The van der Waals surface area contributed by atoms with Crippen molar-refractivity contribution >= 4 is 0 Å². The summed E-state index contributed by atoms with van der Waals surface area (Å²) in [6, 6.07) is 10.0. The molecule has 0 saturated carbocycles. The first-order valence-corrected chi connectivity index (χ1v) is 5.08. The van der Waals surface area contributed by atoms with Crippen LogP contribution in [0.1, 0.15) is 39.5 Å². The summed E-state index contributed by atoms with van der Waals surface area (Å²) in [7, 11) is 0. The molecular weight excluding hydrogens is 247 g/mol. The van der Waals surface area contributed by atoms with Gasteiger partial charge in [-0.1, -0.05) is 26.7 Å². The molecule has 1 aromatic carbocycles. The van der Waals surface area contributed by atoms with Crippen molar-refractivity contribution in [1.29, 1.82) is 0 Å². The van der Waals surface area contributed by atoms with Crippen LogP contribution in [-0.2, 0) is 26.2 Å². The predicted molar refractivity (Wildman–Crippen MR) is 62.6 cm³/mol. The van der Waals surface area contributed by atoms with E-state index in [0.717, 1.165) is 12.8 Å². The Bertz CT molecular complexity index is 96.6. The molecule has 0 nitrogen and oxygen atoms in total. The van der Waals surface area contributed by atoms with Crippen LogP contribution in [0.25, 0.3) is 0 Å². The van der Waals surface area contributed by atoms with Gasteiger partial charge in [0.1, 0.15) is 0 Å². The van der Waals surface area contributed by atoms with E-state index in [9.17, 15) is 0 Å². The molecule has 0 unspecified atom stereocenters. The Morgan fingerprint density at radius 2 is 1.21 bits per heavy atom. The molecule has 0 fully saturated rings. The van der Waals surface area contributed by atoms with Crippen molar-refractivity contribution in [2.24, 2.45) is 0 Å². The van der Waals surface area contributed by atoms with Crippen LogP contribution >= 0.6 is 0 Å². The molecule has 0 aliphatic rings. The van der Waals surface area contributed by atoms with Crippen molar-refractivity contribution in [3.63, 3.8) is 0 Å². The maximum atomic E-state index is 3.60. The van der Waals surface area contributed by atoms with Gasteiger partial charge in [-0.25, -0.2) is 12.1 Å². The van der Waals surface area contributed by atoms with E-state index in [-0.39, 0.29) is 26.2 Å². The smallest absolute Gasteiger partial charge is 0.343 e. The average Bonchev–Trinajstić information content (AvgIpc) is 2.76. The predicted octanol–water partition coefficient (Wildman–Crippen LogP) is 4.64. The van der Waals surface area contributed by atoms with Gasteiger partial charge in [-0.3, -0.25) is 0 Å². The third-order valence-electron chi connectivity index (χ3n) is 1.26. The fourth-order valence-corrected chi connectivity index (χ4v) is 0.321. The summed E-state index contributed by atoms with van der Waals surface area (Å²) in [6.07, 6.45) is 4.56. The van der Waals surface area contributed by atoms with Crippen LogP contribution in [0, 0.1) is 13.8 Å². The Morgan fingerprint density at radius 3 is 1.29 bits per heavy atom. The summed E-state index contributed by atoms with van der Waals surface area (Å²) in [5.41, 5.74) is 0. The Hall–Kier alpha value is 0.233. The Kier molecular flexibility index (Phi) is 32.8. The zero-order valence-corrected chi connectivity index (χ0v) is 12.1. The second-order valence-corrected chi connectivity index (χ2v) is 2.67. The van der Waals surface area contributed by atoms with E-state index in [4.69, 9.17) is 0 Å². The van der Waals surface area contributed by atoms with Crippen LogP contribution in [0.2, 0.25) is 0 Å². The fourth-order valence-electron chi connectivity index (χ4n) is 0.321. The van der Waals surface area contributed by atoms with E-state index < -0.39 is 0 Å². The van der Waals surface area contributed by atoms with E-state index >= 15 is 0 Å². The summed E-state index contributed by atoms with van der Waals surface area (Å²) in [5.74, 6) is 0. The molecule has 1 heteroatoms. The quantitative estimate of drug-likeness (QED) is 0.687. The molecule has 0 atom stereocenters. The van der Waals surface area contributed by atoms with Crippen LogP contribution in [0.15, 0.2) is 30.3 Å². The minimum absolute atomic E-state index is 0. The van der Waals surface area contributed by atoms with Gasteiger partial charge in [0.15, 0.2) is 0 Å². The Labute approximate surface area is 110 Å². The fraction of sp³-hybridized carbons (Fsp3) is 0.462. The van der Waals surface area contributed by atoms with E-state index in [1.807, 2.05) is 30.3 Å². The first kappa shape index (κ1) is 19.8. The van der Waals surface area contributed by atoms with Crippen molar-refractivity contribution in [2.45, 2.75) is 39.5 Å². The van der Waals surface area contributed by atoms with Gasteiger partial charge in [-0.15, -0.1) is 0 Å².